The van der Waals surface area contributed by atoms with E-state index in [1.807, 2.05) is 29.2 Å². The van der Waals surface area contributed by atoms with Gasteiger partial charge in [0.2, 0.25) is 0 Å². The molecule has 4 heteroatoms. The molecule has 1 aromatic carbocycles. The van der Waals surface area contributed by atoms with Crippen molar-refractivity contribution in [2.45, 2.75) is 25.1 Å². The van der Waals surface area contributed by atoms with Crippen molar-refractivity contribution >= 4 is 17.7 Å². The number of likely N-dealkylation sites (tertiary alicyclic amines) is 1. The Labute approximate surface area is 119 Å². The maximum absolute atomic E-state index is 12.5. The second-order valence-corrected chi connectivity index (χ2v) is 6.14. The number of nitrogens with two attached hydrogens (primary N) is 1. The van der Waals surface area contributed by atoms with Crippen LogP contribution in [0, 0.1) is 5.92 Å². The highest BCUT2D eigenvalue weighted by Gasteiger charge is 2.31. The van der Waals surface area contributed by atoms with Gasteiger partial charge in [0.15, 0.2) is 0 Å². The van der Waals surface area contributed by atoms with Crippen molar-refractivity contribution in [2.75, 3.05) is 19.3 Å². The number of hydrogen-bond acceptors (Lipinski definition) is 3. The quantitative estimate of drug-likeness (QED) is 0.919. The molecular weight excluding hydrogens is 256 g/mol. The molecule has 1 aliphatic heterocycles. The second kappa shape index (κ2) is 6.44. The predicted octanol–water partition coefficient (Wildman–Crippen LogP) is 2.36. The first-order chi connectivity index (χ1) is 9.15. The Morgan fingerprint density at radius 1 is 1.42 bits per heavy atom. The van der Waals surface area contributed by atoms with Crippen LogP contribution in [0.1, 0.15) is 29.3 Å². The van der Waals surface area contributed by atoms with Crippen LogP contribution in [0.2, 0.25) is 0 Å². The van der Waals surface area contributed by atoms with E-state index in [0.29, 0.717) is 18.5 Å². The molecule has 1 saturated heterocycles. The lowest BCUT2D eigenvalue weighted by Gasteiger charge is -2.21. The molecule has 1 aliphatic rings. The summed E-state index contributed by atoms with van der Waals surface area (Å²) < 4.78 is 0. The predicted molar refractivity (Wildman–Crippen MR) is 81.3 cm³/mol. The van der Waals surface area contributed by atoms with Crippen LogP contribution in [-0.2, 0) is 5.75 Å². The van der Waals surface area contributed by atoms with E-state index in [1.54, 1.807) is 11.8 Å². The first kappa shape index (κ1) is 14.4. The van der Waals surface area contributed by atoms with Crippen molar-refractivity contribution in [3.05, 3.63) is 35.4 Å². The third-order valence-electron chi connectivity index (χ3n) is 3.77. The van der Waals surface area contributed by atoms with E-state index in [9.17, 15) is 4.79 Å². The van der Waals surface area contributed by atoms with E-state index in [2.05, 4.69) is 13.2 Å². The van der Waals surface area contributed by atoms with Crippen LogP contribution in [0.15, 0.2) is 24.3 Å². The van der Waals surface area contributed by atoms with Crippen molar-refractivity contribution in [2.24, 2.45) is 11.7 Å². The van der Waals surface area contributed by atoms with E-state index in [4.69, 9.17) is 5.73 Å². The van der Waals surface area contributed by atoms with Crippen molar-refractivity contribution < 1.29 is 4.79 Å². The van der Waals surface area contributed by atoms with Crippen LogP contribution in [0.5, 0.6) is 0 Å². The molecule has 0 spiro atoms. The lowest BCUT2D eigenvalue weighted by Crippen LogP contribution is -2.34. The molecule has 2 N–H and O–H groups in total. The van der Waals surface area contributed by atoms with Gasteiger partial charge in [0.1, 0.15) is 0 Å². The Kier molecular flexibility index (Phi) is 4.88. The van der Waals surface area contributed by atoms with Crippen LogP contribution in [-0.4, -0.2) is 36.2 Å². The molecule has 2 unspecified atom stereocenters. The summed E-state index contributed by atoms with van der Waals surface area (Å²) in [6, 6.07) is 8.27. The van der Waals surface area contributed by atoms with Crippen LogP contribution in [0.3, 0.4) is 0 Å². The third kappa shape index (κ3) is 3.31. The summed E-state index contributed by atoms with van der Waals surface area (Å²) in [5.74, 6) is 1.58. The second-order valence-electron chi connectivity index (χ2n) is 5.27. The fourth-order valence-electron chi connectivity index (χ4n) is 2.67. The van der Waals surface area contributed by atoms with E-state index in [1.165, 1.54) is 5.56 Å². The van der Waals surface area contributed by atoms with E-state index in [-0.39, 0.29) is 5.91 Å². The summed E-state index contributed by atoms with van der Waals surface area (Å²) in [7, 11) is 0. The van der Waals surface area contributed by atoms with Crippen LogP contribution >= 0.6 is 11.8 Å². The Hall–Kier alpha value is -1.00. The summed E-state index contributed by atoms with van der Waals surface area (Å²) in [4.78, 5) is 14.4. The van der Waals surface area contributed by atoms with Gasteiger partial charge in [0.05, 0.1) is 0 Å². The topological polar surface area (TPSA) is 46.3 Å². The highest BCUT2D eigenvalue weighted by molar-refractivity contribution is 7.97. The lowest BCUT2D eigenvalue weighted by molar-refractivity contribution is 0.0743. The third-order valence-corrected chi connectivity index (χ3v) is 4.39. The number of benzene rings is 1. The minimum Gasteiger partial charge on any atom is -0.336 e. The van der Waals surface area contributed by atoms with Gasteiger partial charge in [-0.15, -0.1) is 0 Å². The highest BCUT2D eigenvalue weighted by atomic mass is 32.2. The SMILES string of the molecule is CSCc1ccc(C(=O)N2CC(CN)CC2C)cc1. The van der Waals surface area contributed by atoms with Crippen LogP contribution in [0.4, 0.5) is 0 Å². The van der Waals surface area contributed by atoms with Gasteiger partial charge in [-0.3, -0.25) is 4.79 Å². The summed E-state index contributed by atoms with van der Waals surface area (Å²) >= 11 is 1.79. The maximum Gasteiger partial charge on any atom is 0.254 e. The zero-order valence-corrected chi connectivity index (χ0v) is 12.5. The van der Waals surface area contributed by atoms with E-state index >= 15 is 0 Å². The van der Waals surface area contributed by atoms with Crippen molar-refractivity contribution in [1.82, 2.24) is 4.90 Å². The molecule has 0 aromatic heterocycles. The van der Waals surface area contributed by atoms with Crippen molar-refractivity contribution in [3.63, 3.8) is 0 Å². The number of amides is 1. The molecule has 0 bridgehead atoms. The fourth-order valence-corrected chi connectivity index (χ4v) is 3.20. The number of carbonyl (C=O) groups excluding carboxylic acids is 1. The summed E-state index contributed by atoms with van der Waals surface area (Å²) in [5.41, 5.74) is 7.76. The number of carbonyl (C=O) groups is 1. The molecule has 1 aromatic rings. The summed E-state index contributed by atoms with van der Waals surface area (Å²) in [6.45, 7) is 3.57. The molecule has 19 heavy (non-hydrogen) atoms. The van der Waals surface area contributed by atoms with Crippen molar-refractivity contribution in [3.8, 4) is 0 Å². The molecule has 0 radical (unpaired) electrons. The Morgan fingerprint density at radius 2 is 2.11 bits per heavy atom. The molecule has 104 valence electrons. The van der Waals surface area contributed by atoms with Gasteiger partial charge < -0.3 is 10.6 Å². The number of hydrogen-bond donors (Lipinski definition) is 1. The Balaban J connectivity index is 2.07. The molecule has 0 saturated carbocycles. The van der Waals surface area contributed by atoms with E-state index in [0.717, 1.165) is 24.3 Å². The first-order valence-electron chi connectivity index (χ1n) is 6.74. The van der Waals surface area contributed by atoms with Crippen molar-refractivity contribution in [1.29, 1.82) is 0 Å². The standard InChI is InChI=1S/C15H22N2OS/c1-11-7-13(8-16)9-17(11)15(18)14-5-3-12(4-6-14)10-19-2/h3-6,11,13H,7-10,16H2,1-2H3. The molecule has 0 aliphatic carbocycles. The zero-order valence-electron chi connectivity index (χ0n) is 11.6. The molecule has 1 fully saturated rings. The van der Waals surface area contributed by atoms with Gasteiger partial charge in [0.25, 0.3) is 5.91 Å². The molecular formula is C15H22N2OS. The Morgan fingerprint density at radius 3 is 2.63 bits per heavy atom. The smallest absolute Gasteiger partial charge is 0.254 e. The zero-order chi connectivity index (χ0) is 13.8. The highest BCUT2D eigenvalue weighted by Crippen LogP contribution is 2.24. The first-order valence-corrected chi connectivity index (χ1v) is 8.14. The van der Waals surface area contributed by atoms with Crippen LogP contribution in [0.25, 0.3) is 0 Å². The minimum absolute atomic E-state index is 0.138. The van der Waals surface area contributed by atoms with E-state index < -0.39 is 0 Å². The fraction of sp³-hybridized carbons (Fsp3) is 0.533. The van der Waals surface area contributed by atoms with Gasteiger partial charge >= 0.3 is 0 Å². The van der Waals surface area contributed by atoms with Gasteiger partial charge in [0, 0.05) is 23.9 Å². The monoisotopic (exact) mass is 278 g/mol. The minimum atomic E-state index is 0.138. The largest absolute Gasteiger partial charge is 0.336 e. The maximum atomic E-state index is 12.5. The normalized spacial score (nSPS) is 22.8. The summed E-state index contributed by atoms with van der Waals surface area (Å²) in [6.07, 6.45) is 3.10. The average molecular weight is 278 g/mol. The molecule has 1 amide bonds. The van der Waals surface area contributed by atoms with Gasteiger partial charge in [-0.1, -0.05) is 12.1 Å². The Bertz CT molecular complexity index is 432. The molecule has 1 heterocycles. The number of thioether (sulfide) groups is 1. The number of nitrogens with zero attached hydrogens (tertiary/aromatic N) is 1. The van der Waals surface area contributed by atoms with Crippen LogP contribution < -0.4 is 5.73 Å². The van der Waals surface area contributed by atoms with Gasteiger partial charge in [-0.05, 0) is 49.8 Å². The van der Waals surface area contributed by atoms with Gasteiger partial charge in [-0.25, -0.2) is 0 Å². The lowest BCUT2D eigenvalue weighted by atomic mass is 10.1. The number of rotatable bonds is 4. The van der Waals surface area contributed by atoms with Gasteiger partial charge in [-0.2, -0.15) is 11.8 Å². The molecule has 3 nitrogen and oxygen atoms in total. The molecule has 2 rings (SSSR count). The summed E-state index contributed by atoms with van der Waals surface area (Å²) in [5, 5.41) is 0. The molecule has 2 atom stereocenters. The average Bonchev–Trinajstić information content (AvgIpc) is 2.80.